The second kappa shape index (κ2) is 3.96. The maximum atomic E-state index is 10.4. The highest BCUT2D eigenvalue weighted by atomic mass is 16.3. The van der Waals surface area contributed by atoms with Gasteiger partial charge in [-0.2, -0.15) is 0 Å². The van der Waals surface area contributed by atoms with E-state index in [4.69, 9.17) is 0 Å². The van der Waals surface area contributed by atoms with E-state index in [0.29, 0.717) is 10.8 Å². The molecular weight excluding hydrogens is 256 g/mol. The van der Waals surface area contributed by atoms with Crippen LogP contribution < -0.4 is 0 Å². The van der Waals surface area contributed by atoms with Crippen molar-refractivity contribution in [3.05, 3.63) is 11.6 Å². The van der Waals surface area contributed by atoms with Gasteiger partial charge in [-0.15, -0.1) is 0 Å². The van der Waals surface area contributed by atoms with E-state index >= 15 is 0 Å². The van der Waals surface area contributed by atoms with Gasteiger partial charge in [-0.25, -0.2) is 0 Å². The average molecular weight is 286 g/mol. The normalized spacial score (nSPS) is 61.2. The monoisotopic (exact) mass is 286 g/mol. The fraction of sp³-hybridized carbons (Fsp3) is 0.900. The Kier molecular flexibility index (Phi) is 2.48. The minimum Gasteiger partial charge on any atom is -0.389 e. The molecule has 1 N–H and O–H groups in total. The largest absolute Gasteiger partial charge is 0.389 e. The molecule has 8 atom stereocenters. The molecule has 5 fully saturated rings. The molecule has 0 aliphatic heterocycles. The molecular formula is C20H30O. The van der Waals surface area contributed by atoms with Crippen molar-refractivity contribution < 1.29 is 5.11 Å². The van der Waals surface area contributed by atoms with Crippen LogP contribution in [0.1, 0.15) is 65.2 Å². The molecule has 116 valence electrons. The maximum absolute atomic E-state index is 10.4. The van der Waals surface area contributed by atoms with Crippen molar-refractivity contribution in [1.82, 2.24) is 0 Å². The lowest BCUT2D eigenvalue weighted by atomic mass is 9.41. The minimum absolute atomic E-state index is 0.155. The Morgan fingerprint density at radius 3 is 2.71 bits per heavy atom. The highest BCUT2D eigenvalue weighted by molar-refractivity contribution is 5.28. The molecule has 6 bridgehead atoms. The first-order valence-electron chi connectivity index (χ1n) is 9.42. The number of rotatable bonds is 0. The van der Waals surface area contributed by atoms with E-state index in [9.17, 15) is 5.11 Å². The van der Waals surface area contributed by atoms with Gasteiger partial charge in [-0.3, -0.25) is 0 Å². The van der Waals surface area contributed by atoms with Gasteiger partial charge in [0.2, 0.25) is 0 Å². The van der Waals surface area contributed by atoms with Crippen LogP contribution in [0.5, 0.6) is 0 Å². The van der Waals surface area contributed by atoms with Gasteiger partial charge in [0.1, 0.15) is 0 Å². The smallest absolute Gasteiger partial charge is 0.0726 e. The van der Waals surface area contributed by atoms with Crippen molar-refractivity contribution in [2.75, 3.05) is 0 Å². The summed E-state index contributed by atoms with van der Waals surface area (Å²) in [6.45, 7) is 5.23. The highest BCUT2D eigenvalue weighted by Crippen LogP contribution is 2.71. The summed E-state index contributed by atoms with van der Waals surface area (Å²) in [4.78, 5) is 0. The minimum atomic E-state index is -0.155. The SMILES string of the molecule is C[C@@]12CC[C@H]3[C@H]4CCC5=C[C@H](O)CC(CC1CC[C@@H]42)[C@@]53C. The molecule has 0 amide bonds. The summed E-state index contributed by atoms with van der Waals surface area (Å²) in [5.74, 6) is 4.64. The third kappa shape index (κ3) is 1.43. The van der Waals surface area contributed by atoms with Crippen LogP contribution in [0.4, 0.5) is 0 Å². The zero-order chi connectivity index (χ0) is 14.4. The van der Waals surface area contributed by atoms with E-state index in [1.807, 2.05) is 0 Å². The number of aliphatic hydroxyl groups is 1. The molecule has 0 aromatic carbocycles. The van der Waals surface area contributed by atoms with Crippen LogP contribution >= 0.6 is 0 Å². The predicted molar refractivity (Wildman–Crippen MR) is 84.7 cm³/mol. The number of fused-ring (bicyclic) bond motifs is 1. The summed E-state index contributed by atoms with van der Waals surface area (Å²) < 4.78 is 0. The van der Waals surface area contributed by atoms with Crippen molar-refractivity contribution in [2.24, 2.45) is 40.4 Å². The number of allylic oxidation sites excluding steroid dienone is 1. The number of hydrogen-bond donors (Lipinski definition) is 1. The molecule has 2 unspecified atom stereocenters. The van der Waals surface area contributed by atoms with Crippen molar-refractivity contribution in [3.8, 4) is 0 Å². The molecule has 0 aromatic heterocycles. The molecule has 5 saturated carbocycles. The molecule has 1 nitrogen and oxygen atoms in total. The number of hydrogen-bond acceptors (Lipinski definition) is 1. The zero-order valence-corrected chi connectivity index (χ0v) is 13.6. The standard InChI is InChI=1S/C20H30O/c1-19-8-7-18-16-5-3-13-10-15(21)11-14(20(13,18)2)9-12(19)4-6-17(16)19/h10,12,14-18,21H,3-9,11H2,1-2H3/t12?,14?,15-,16-,17-,18-,19+,20+/m0/s1. The molecule has 0 saturated heterocycles. The van der Waals surface area contributed by atoms with Crippen LogP contribution in [-0.4, -0.2) is 11.2 Å². The quantitative estimate of drug-likeness (QED) is 0.647. The molecule has 21 heavy (non-hydrogen) atoms. The van der Waals surface area contributed by atoms with E-state index in [0.717, 1.165) is 36.0 Å². The van der Waals surface area contributed by atoms with Gasteiger partial charge >= 0.3 is 0 Å². The van der Waals surface area contributed by atoms with Gasteiger partial charge in [0.05, 0.1) is 6.10 Å². The van der Waals surface area contributed by atoms with Gasteiger partial charge in [0, 0.05) is 0 Å². The van der Waals surface area contributed by atoms with Gasteiger partial charge in [-0.1, -0.05) is 25.5 Å². The molecule has 1 heteroatoms. The van der Waals surface area contributed by atoms with Crippen molar-refractivity contribution in [2.45, 2.75) is 71.3 Å². The van der Waals surface area contributed by atoms with Gasteiger partial charge in [0.25, 0.3) is 0 Å². The molecule has 6 aliphatic rings. The Labute approximate surface area is 129 Å². The first-order chi connectivity index (χ1) is 10.0. The van der Waals surface area contributed by atoms with E-state index in [2.05, 4.69) is 19.9 Å². The highest BCUT2D eigenvalue weighted by Gasteiger charge is 2.63. The Balaban J connectivity index is 1.70. The van der Waals surface area contributed by atoms with Crippen LogP contribution in [0, 0.1) is 40.4 Å². The first kappa shape index (κ1) is 13.2. The third-order valence-electron chi connectivity index (χ3n) is 9.18. The fourth-order valence-corrected chi connectivity index (χ4v) is 8.11. The topological polar surface area (TPSA) is 20.2 Å². The van der Waals surface area contributed by atoms with Gasteiger partial charge < -0.3 is 5.11 Å². The second-order valence-corrected chi connectivity index (χ2v) is 9.44. The van der Waals surface area contributed by atoms with Crippen LogP contribution in [0.2, 0.25) is 0 Å². The van der Waals surface area contributed by atoms with Crippen molar-refractivity contribution in [3.63, 3.8) is 0 Å². The summed E-state index contributed by atoms with van der Waals surface area (Å²) >= 11 is 0. The van der Waals surface area contributed by atoms with Crippen molar-refractivity contribution >= 4 is 0 Å². The average Bonchev–Trinajstić information content (AvgIpc) is 2.78. The Morgan fingerprint density at radius 1 is 1.00 bits per heavy atom. The molecule has 6 aliphatic carbocycles. The van der Waals surface area contributed by atoms with Gasteiger partial charge in [0.15, 0.2) is 0 Å². The van der Waals surface area contributed by atoms with Crippen LogP contribution in [0.15, 0.2) is 11.6 Å². The Morgan fingerprint density at radius 2 is 1.86 bits per heavy atom. The van der Waals surface area contributed by atoms with E-state index < -0.39 is 0 Å². The maximum Gasteiger partial charge on any atom is 0.0726 e. The molecule has 0 spiro atoms. The summed E-state index contributed by atoms with van der Waals surface area (Å²) in [6, 6.07) is 0. The van der Waals surface area contributed by atoms with Crippen LogP contribution in [0.3, 0.4) is 0 Å². The van der Waals surface area contributed by atoms with Crippen molar-refractivity contribution in [1.29, 1.82) is 0 Å². The second-order valence-electron chi connectivity index (χ2n) is 9.44. The summed E-state index contributed by atoms with van der Waals surface area (Å²) in [5, 5.41) is 10.4. The summed E-state index contributed by atoms with van der Waals surface area (Å²) in [6.07, 6.45) is 13.2. The van der Waals surface area contributed by atoms with Crippen LogP contribution in [0.25, 0.3) is 0 Å². The van der Waals surface area contributed by atoms with Crippen LogP contribution in [-0.2, 0) is 0 Å². The Hall–Kier alpha value is -0.300. The zero-order valence-electron chi connectivity index (χ0n) is 13.6. The predicted octanol–water partition coefficient (Wildman–Crippen LogP) is 4.56. The lowest BCUT2D eigenvalue weighted by Crippen LogP contribution is -2.56. The Bertz CT molecular complexity index is 508. The summed E-state index contributed by atoms with van der Waals surface area (Å²) in [5.41, 5.74) is 2.73. The fourth-order valence-electron chi connectivity index (χ4n) is 8.11. The molecule has 0 radical (unpaired) electrons. The lowest BCUT2D eigenvalue weighted by molar-refractivity contribution is -0.111. The lowest BCUT2D eigenvalue weighted by Gasteiger charge is -2.63. The molecule has 0 heterocycles. The summed E-state index contributed by atoms with van der Waals surface area (Å²) in [7, 11) is 0. The van der Waals surface area contributed by atoms with E-state index in [1.54, 1.807) is 5.57 Å². The first-order valence-corrected chi connectivity index (χ1v) is 9.42. The van der Waals surface area contributed by atoms with E-state index in [-0.39, 0.29) is 6.10 Å². The molecule has 0 aromatic rings. The molecule has 6 rings (SSSR count). The number of aliphatic hydroxyl groups excluding tert-OH is 1. The van der Waals surface area contributed by atoms with E-state index in [1.165, 1.54) is 44.9 Å². The third-order valence-corrected chi connectivity index (χ3v) is 9.18. The van der Waals surface area contributed by atoms with Gasteiger partial charge in [-0.05, 0) is 91.8 Å².